The highest BCUT2D eigenvalue weighted by Crippen LogP contribution is 2.41. The summed E-state index contributed by atoms with van der Waals surface area (Å²) >= 11 is 0. The normalized spacial score (nSPS) is 18.0. The third-order valence-electron chi connectivity index (χ3n) is 5.42. The molecule has 1 aromatic carbocycles. The van der Waals surface area contributed by atoms with Gasteiger partial charge in [-0.3, -0.25) is 9.36 Å². The molecule has 2 aliphatic rings. The second kappa shape index (κ2) is 7.09. The van der Waals surface area contributed by atoms with E-state index in [0.29, 0.717) is 12.5 Å². The molecule has 1 fully saturated rings. The summed E-state index contributed by atoms with van der Waals surface area (Å²) in [7, 11) is 0. The number of carbonyl (C=O) groups is 1. The number of nitrogens with one attached hydrogen (secondary N) is 1. The van der Waals surface area contributed by atoms with Crippen LogP contribution in [0.5, 0.6) is 0 Å². The number of nitrogens with zero attached hydrogens (tertiary/aromatic N) is 3. The minimum Gasteiger partial charge on any atom is -0.347 e. The first-order chi connectivity index (χ1) is 12.6. The van der Waals surface area contributed by atoms with Gasteiger partial charge in [0.05, 0.1) is 6.04 Å². The summed E-state index contributed by atoms with van der Waals surface area (Å²) in [5.74, 6) is 1.17. The van der Waals surface area contributed by atoms with E-state index in [9.17, 15) is 9.59 Å². The van der Waals surface area contributed by atoms with Crippen molar-refractivity contribution in [1.29, 1.82) is 0 Å². The van der Waals surface area contributed by atoms with E-state index >= 15 is 0 Å². The van der Waals surface area contributed by atoms with Gasteiger partial charge in [0.2, 0.25) is 5.91 Å². The van der Waals surface area contributed by atoms with Gasteiger partial charge in [-0.1, -0.05) is 36.2 Å². The third kappa shape index (κ3) is 3.59. The zero-order valence-electron chi connectivity index (χ0n) is 15.3. The predicted octanol–water partition coefficient (Wildman–Crippen LogP) is 2.35. The van der Waals surface area contributed by atoms with Crippen LogP contribution < -0.4 is 11.0 Å². The topological polar surface area (TPSA) is 68.9 Å². The molecule has 2 aromatic rings. The van der Waals surface area contributed by atoms with E-state index in [-0.39, 0.29) is 24.2 Å². The van der Waals surface area contributed by atoms with E-state index in [4.69, 9.17) is 0 Å². The number of aromatic nitrogens is 3. The highest BCUT2D eigenvalue weighted by Gasteiger charge is 2.33. The van der Waals surface area contributed by atoms with Crippen LogP contribution in [0.2, 0.25) is 0 Å². The van der Waals surface area contributed by atoms with Gasteiger partial charge in [-0.25, -0.2) is 9.48 Å². The van der Waals surface area contributed by atoms with Crippen molar-refractivity contribution in [1.82, 2.24) is 19.7 Å². The van der Waals surface area contributed by atoms with Crippen LogP contribution in [0.1, 0.15) is 55.1 Å². The molecule has 1 aliphatic heterocycles. The van der Waals surface area contributed by atoms with Gasteiger partial charge in [-0.15, -0.1) is 0 Å². The van der Waals surface area contributed by atoms with Gasteiger partial charge in [0, 0.05) is 13.0 Å². The zero-order chi connectivity index (χ0) is 18.1. The number of hydrogen-bond donors (Lipinski definition) is 1. The smallest absolute Gasteiger partial charge is 0.346 e. The van der Waals surface area contributed by atoms with Gasteiger partial charge in [0.15, 0.2) is 0 Å². The van der Waals surface area contributed by atoms with Gasteiger partial charge in [0.1, 0.15) is 12.4 Å². The van der Waals surface area contributed by atoms with E-state index < -0.39 is 0 Å². The minimum absolute atomic E-state index is 0.00604. The fourth-order valence-electron chi connectivity index (χ4n) is 3.76. The lowest BCUT2D eigenvalue weighted by Crippen LogP contribution is -2.36. The molecule has 0 saturated heterocycles. The molecular formula is C20H26N4O2. The molecule has 4 rings (SSSR count). The number of hydrogen-bond acceptors (Lipinski definition) is 3. The predicted molar refractivity (Wildman–Crippen MR) is 98.8 cm³/mol. The standard InChI is InChI=1S/C20H26N4O2/c1-14-6-8-15(9-7-14)19(16-10-11-16)21-18(25)13-24-20(26)23-12-4-2-3-5-17(23)22-24/h6-9,16,19H,2-5,10-13H2,1H3,(H,21,25). The Bertz CT molecular complexity index is 846. The van der Waals surface area contributed by atoms with Crippen molar-refractivity contribution in [3.8, 4) is 0 Å². The summed E-state index contributed by atoms with van der Waals surface area (Å²) in [5.41, 5.74) is 2.19. The first-order valence-corrected chi connectivity index (χ1v) is 9.64. The summed E-state index contributed by atoms with van der Waals surface area (Å²) < 4.78 is 3.06. The number of fused-ring (bicyclic) bond motifs is 1. The summed E-state index contributed by atoms with van der Waals surface area (Å²) in [6.45, 7) is 2.77. The molecule has 1 unspecified atom stereocenters. The van der Waals surface area contributed by atoms with Crippen LogP contribution in [0.3, 0.4) is 0 Å². The monoisotopic (exact) mass is 354 g/mol. The van der Waals surface area contributed by atoms with Crippen molar-refractivity contribution in [2.45, 2.75) is 64.6 Å². The lowest BCUT2D eigenvalue weighted by Gasteiger charge is -2.19. The molecule has 26 heavy (non-hydrogen) atoms. The van der Waals surface area contributed by atoms with Crippen LogP contribution in [0.15, 0.2) is 29.1 Å². The summed E-state index contributed by atoms with van der Waals surface area (Å²) in [6.07, 6.45) is 6.28. The molecule has 1 atom stereocenters. The van der Waals surface area contributed by atoms with Crippen molar-refractivity contribution in [2.75, 3.05) is 0 Å². The Morgan fingerprint density at radius 1 is 1.23 bits per heavy atom. The molecule has 6 heteroatoms. The van der Waals surface area contributed by atoms with E-state index in [2.05, 4.69) is 41.6 Å². The second-order valence-electron chi connectivity index (χ2n) is 7.61. The third-order valence-corrected chi connectivity index (χ3v) is 5.42. The quantitative estimate of drug-likeness (QED) is 0.896. The van der Waals surface area contributed by atoms with Crippen LogP contribution in [-0.4, -0.2) is 20.3 Å². The van der Waals surface area contributed by atoms with Gasteiger partial charge >= 0.3 is 5.69 Å². The number of aryl methyl sites for hydroxylation is 2. The molecule has 1 N–H and O–H groups in total. The van der Waals surface area contributed by atoms with Crippen LogP contribution >= 0.6 is 0 Å². The summed E-state index contributed by atoms with van der Waals surface area (Å²) in [4.78, 5) is 25.1. The van der Waals surface area contributed by atoms with Crippen LogP contribution in [0, 0.1) is 12.8 Å². The highest BCUT2D eigenvalue weighted by atomic mass is 16.2. The summed E-state index contributed by atoms with van der Waals surface area (Å²) in [6, 6.07) is 8.36. The number of amides is 1. The van der Waals surface area contributed by atoms with Crippen molar-refractivity contribution < 1.29 is 4.79 Å². The molecule has 6 nitrogen and oxygen atoms in total. The molecule has 0 radical (unpaired) electrons. The fourth-order valence-corrected chi connectivity index (χ4v) is 3.76. The molecule has 138 valence electrons. The Kier molecular flexibility index (Phi) is 4.66. The average molecular weight is 354 g/mol. The van der Waals surface area contributed by atoms with Gasteiger partial charge in [0.25, 0.3) is 0 Å². The van der Waals surface area contributed by atoms with Gasteiger partial charge in [-0.05, 0) is 44.1 Å². The van der Waals surface area contributed by atoms with Gasteiger partial charge in [-0.2, -0.15) is 5.10 Å². The fraction of sp³-hybridized carbons (Fsp3) is 0.550. The molecule has 1 saturated carbocycles. The first kappa shape index (κ1) is 17.1. The van der Waals surface area contributed by atoms with E-state index in [0.717, 1.165) is 49.9 Å². The van der Waals surface area contributed by atoms with Crippen molar-refractivity contribution in [3.05, 3.63) is 51.7 Å². The molecule has 1 aliphatic carbocycles. The largest absolute Gasteiger partial charge is 0.347 e. The Morgan fingerprint density at radius 2 is 2.00 bits per heavy atom. The lowest BCUT2D eigenvalue weighted by molar-refractivity contribution is -0.122. The van der Waals surface area contributed by atoms with E-state index in [1.165, 1.54) is 10.2 Å². The number of carbonyl (C=O) groups excluding carboxylic acids is 1. The van der Waals surface area contributed by atoms with E-state index in [1.54, 1.807) is 4.57 Å². The molecule has 0 bridgehead atoms. The van der Waals surface area contributed by atoms with Crippen LogP contribution in [0.4, 0.5) is 0 Å². The zero-order valence-corrected chi connectivity index (χ0v) is 15.3. The van der Waals surface area contributed by atoms with Gasteiger partial charge < -0.3 is 5.32 Å². The average Bonchev–Trinajstić information content (AvgIpc) is 3.44. The van der Waals surface area contributed by atoms with E-state index in [1.807, 2.05) is 0 Å². The lowest BCUT2D eigenvalue weighted by atomic mass is 10.0. The molecule has 1 aromatic heterocycles. The van der Waals surface area contributed by atoms with Crippen LogP contribution in [0.25, 0.3) is 0 Å². The van der Waals surface area contributed by atoms with Crippen LogP contribution in [-0.2, 0) is 24.3 Å². The SMILES string of the molecule is Cc1ccc(C(NC(=O)Cn2nc3n(c2=O)CCCCC3)C2CC2)cc1. The Balaban J connectivity index is 1.48. The number of benzene rings is 1. The minimum atomic E-state index is -0.157. The Hall–Kier alpha value is -2.37. The molecule has 1 amide bonds. The maximum atomic E-state index is 12.6. The highest BCUT2D eigenvalue weighted by molar-refractivity contribution is 5.76. The van der Waals surface area contributed by atoms with Crippen molar-refractivity contribution in [2.24, 2.45) is 5.92 Å². The summed E-state index contributed by atoms with van der Waals surface area (Å²) in [5, 5.41) is 7.54. The maximum Gasteiger partial charge on any atom is 0.346 e. The number of rotatable bonds is 5. The first-order valence-electron chi connectivity index (χ1n) is 9.64. The van der Waals surface area contributed by atoms with Crippen molar-refractivity contribution in [3.63, 3.8) is 0 Å². The molecular weight excluding hydrogens is 328 g/mol. The van der Waals surface area contributed by atoms with Crippen molar-refractivity contribution >= 4 is 5.91 Å². The molecule has 2 heterocycles. The molecule has 0 spiro atoms. The Labute approximate surface area is 153 Å². The second-order valence-corrected chi connectivity index (χ2v) is 7.61. The maximum absolute atomic E-state index is 12.6. The Morgan fingerprint density at radius 3 is 2.73 bits per heavy atom.